The van der Waals surface area contributed by atoms with Gasteiger partial charge in [0.2, 0.25) is 5.91 Å². The fourth-order valence-corrected chi connectivity index (χ4v) is 3.07. The Kier molecular flexibility index (Phi) is 12.6. The lowest BCUT2D eigenvalue weighted by Crippen LogP contribution is -2.43. The zero-order chi connectivity index (χ0) is 18.3. The number of likely N-dealkylation sites (N-methyl/N-ethyl adjacent to an activating group) is 1. The van der Waals surface area contributed by atoms with Gasteiger partial charge in [0.25, 0.3) is 0 Å². The van der Waals surface area contributed by atoms with E-state index in [0.717, 1.165) is 39.0 Å². The number of ether oxygens (including phenoxy) is 1. The molecular weight excluding hydrogens is 336 g/mol. The molecule has 146 valence electrons. The number of amides is 1. The second-order valence-corrected chi connectivity index (χ2v) is 7.64. The lowest BCUT2D eigenvalue weighted by atomic mass is 10.1. The number of hydrogen-bond donors (Lipinski definition) is 2. The summed E-state index contributed by atoms with van der Waals surface area (Å²) in [5.74, 6) is 1.97. The van der Waals surface area contributed by atoms with E-state index in [1.165, 1.54) is 31.4 Å². The first-order chi connectivity index (χ1) is 12.1. The first-order valence-corrected chi connectivity index (χ1v) is 10.9. The van der Waals surface area contributed by atoms with Crippen LogP contribution in [-0.4, -0.2) is 75.2 Å². The number of unbranched alkanes of at least 4 members (excludes halogenated alkanes) is 3. The summed E-state index contributed by atoms with van der Waals surface area (Å²) in [6.45, 7) is 2.64. The molecule has 1 unspecified atom stereocenters. The lowest BCUT2D eigenvalue weighted by Gasteiger charge is -2.24. The number of thioether (sulfide) groups is 1. The van der Waals surface area contributed by atoms with Crippen molar-refractivity contribution in [2.24, 2.45) is 4.99 Å². The quantitative estimate of drug-likeness (QED) is 0.330. The summed E-state index contributed by atoms with van der Waals surface area (Å²) >= 11 is 1.91. The van der Waals surface area contributed by atoms with Crippen LogP contribution in [0.15, 0.2) is 4.99 Å². The van der Waals surface area contributed by atoms with E-state index in [-0.39, 0.29) is 18.6 Å². The minimum absolute atomic E-state index is 0.00656. The van der Waals surface area contributed by atoms with Crippen molar-refractivity contribution in [2.75, 3.05) is 52.3 Å². The molecule has 0 radical (unpaired) electrons. The van der Waals surface area contributed by atoms with Crippen molar-refractivity contribution in [2.45, 2.75) is 51.0 Å². The van der Waals surface area contributed by atoms with Gasteiger partial charge in [0, 0.05) is 33.8 Å². The second kappa shape index (κ2) is 14.2. The minimum Gasteiger partial charge on any atom is -0.376 e. The molecule has 1 amide bonds. The van der Waals surface area contributed by atoms with Crippen molar-refractivity contribution in [3.05, 3.63) is 0 Å². The fourth-order valence-electron chi connectivity index (χ4n) is 2.57. The summed E-state index contributed by atoms with van der Waals surface area (Å²) in [7, 11) is 3.51. The van der Waals surface area contributed by atoms with Gasteiger partial charge in [-0.05, 0) is 44.1 Å². The minimum atomic E-state index is 0.00656. The number of nitrogens with zero attached hydrogens (tertiary/aromatic N) is 2. The van der Waals surface area contributed by atoms with Crippen molar-refractivity contribution in [1.29, 1.82) is 0 Å². The first kappa shape index (κ1) is 22.1. The fraction of sp³-hybridized carbons (Fsp3) is 0.889. The molecular formula is C18H36N4O2S. The molecule has 0 aliphatic carbocycles. The highest BCUT2D eigenvalue weighted by molar-refractivity contribution is 7.98. The number of carbonyl (C=O) groups excluding carboxylic acids is 1. The number of rotatable bonds is 11. The number of carbonyl (C=O) groups is 1. The molecule has 1 saturated heterocycles. The first-order valence-electron chi connectivity index (χ1n) is 9.46. The molecule has 0 saturated carbocycles. The zero-order valence-corrected chi connectivity index (χ0v) is 17.0. The standard InChI is InChI=1S/C18H36N4O2S/c1-22(2)17(23)15-21-18(19-11-7-4-5-9-13-25-3)20-14-16-10-6-8-12-24-16/h16H,4-15H2,1-3H3,(H2,19,20,21). The molecule has 1 aliphatic heterocycles. The number of nitrogens with one attached hydrogen (secondary N) is 2. The van der Waals surface area contributed by atoms with Crippen molar-refractivity contribution < 1.29 is 9.53 Å². The van der Waals surface area contributed by atoms with E-state index in [1.807, 2.05) is 11.8 Å². The molecule has 0 spiro atoms. The van der Waals surface area contributed by atoms with Crippen molar-refractivity contribution in [1.82, 2.24) is 15.5 Å². The van der Waals surface area contributed by atoms with Gasteiger partial charge in [0.1, 0.15) is 6.54 Å². The summed E-state index contributed by atoms with van der Waals surface area (Å²) in [5.41, 5.74) is 0. The third-order valence-corrected chi connectivity index (χ3v) is 4.91. The molecule has 6 nitrogen and oxygen atoms in total. The summed E-state index contributed by atoms with van der Waals surface area (Å²) in [5, 5.41) is 6.69. The predicted octanol–water partition coefficient (Wildman–Crippen LogP) is 2.10. The van der Waals surface area contributed by atoms with Crippen LogP contribution in [-0.2, 0) is 9.53 Å². The van der Waals surface area contributed by atoms with Crippen LogP contribution < -0.4 is 10.6 Å². The van der Waals surface area contributed by atoms with E-state index < -0.39 is 0 Å². The van der Waals surface area contributed by atoms with Gasteiger partial charge in [-0.2, -0.15) is 11.8 Å². The van der Waals surface area contributed by atoms with E-state index in [4.69, 9.17) is 4.74 Å². The Morgan fingerprint density at radius 1 is 1.20 bits per heavy atom. The number of hydrogen-bond acceptors (Lipinski definition) is 4. The Labute approximate surface area is 157 Å². The number of aliphatic imine (C=N–C) groups is 1. The highest BCUT2D eigenvalue weighted by Gasteiger charge is 2.14. The van der Waals surface area contributed by atoms with Gasteiger partial charge in [-0.1, -0.05) is 12.8 Å². The van der Waals surface area contributed by atoms with Crippen molar-refractivity contribution in [3.8, 4) is 0 Å². The van der Waals surface area contributed by atoms with Crippen LogP contribution in [0.5, 0.6) is 0 Å². The smallest absolute Gasteiger partial charge is 0.243 e. The Morgan fingerprint density at radius 2 is 2.00 bits per heavy atom. The average molecular weight is 373 g/mol. The molecule has 1 heterocycles. The molecule has 7 heteroatoms. The molecule has 1 fully saturated rings. The van der Waals surface area contributed by atoms with Crippen LogP contribution in [0.4, 0.5) is 0 Å². The van der Waals surface area contributed by atoms with Gasteiger partial charge in [-0.3, -0.25) is 4.79 Å². The Morgan fingerprint density at radius 3 is 2.68 bits per heavy atom. The summed E-state index contributed by atoms with van der Waals surface area (Å²) in [6, 6.07) is 0. The van der Waals surface area contributed by atoms with E-state index >= 15 is 0 Å². The molecule has 0 aromatic rings. The summed E-state index contributed by atoms with van der Waals surface area (Å²) in [4.78, 5) is 17.8. The zero-order valence-electron chi connectivity index (χ0n) is 16.2. The SMILES string of the molecule is CSCCCCCCNC(=NCC(=O)N(C)C)NCC1CCCCO1. The average Bonchev–Trinajstić information content (AvgIpc) is 2.63. The molecule has 1 aliphatic rings. The van der Waals surface area contributed by atoms with Crippen LogP contribution in [0.25, 0.3) is 0 Å². The van der Waals surface area contributed by atoms with Gasteiger partial charge < -0.3 is 20.3 Å². The van der Waals surface area contributed by atoms with Crippen LogP contribution in [0.1, 0.15) is 44.9 Å². The molecule has 2 N–H and O–H groups in total. The largest absolute Gasteiger partial charge is 0.376 e. The van der Waals surface area contributed by atoms with E-state index in [9.17, 15) is 4.79 Å². The third-order valence-electron chi connectivity index (χ3n) is 4.21. The Balaban J connectivity index is 2.33. The summed E-state index contributed by atoms with van der Waals surface area (Å²) in [6.07, 6.45) is 10.8. The highest BCUT2D eigenvalue weighted by atomic mass is 32.2. The van der Waals surface area contributed by atoms with Gasteiger partial charge in [-0.15, -0.1) is 0 Å². The predicted molar refractivity (Wildman–Crippen MR) is 107 cm³/mol. The number of guanidine groups is 1. The van der Waals surface area contributed by atoms with Crippen LogP contribution in [0.3, 0.4) is 0 Å². The Hall–Kier alpha value is -0.950. The second-order valence-electron chi connectivity index (χ2n) is 6.66. The van der Waals surface area contributed by atoms with Gasteiger partial charge in [0.15, 0.2) is 5.96 Å². The van der Waals surface area contributed by atoms with Gasteiger partial charge in [0.05, 0.1) is 6.10 Å². The molecule has 1 atom stereocenters. The van der Waals surface area contributed by atoms with E-state index in [2.05, 4.69) is 21.9 Å². The molecule has 0 bridgehead atoms. The van der Waals surface area contributed by atoms with Crippen LogP contribution in [0, 0.1) is 0 Å². The lowest BCUT2D eigenvalue weighted by molar-refractivity contribution is -0.127. The van der Waals surface area contributed by atoms with Crippen LogP contribution in [0.2, 0.25) is 0 Å². The maximum atomic E-state index is 11.8. The maximum absolute atomic E-state index is 11.8. The molecule has 0 aromatic heterocycles. The monoisotopic (exact) mass is 372 g/mol. The molecule has 1 rings (SSSR count). The maximum Gasteiger partial charge on any atom is 0.243 e. The van der Waals surface area contributed by atoms with Crippen molar-refractivity contribution in [3.63, 3.8) is 0 Å². The topological polar surface area (TPSA) is 66.0 Å². The highest BCUT2D eigenvalue weighted by Crippen LogP contribution is 2.11. The van der Waals surface area contributed by atoms with Gasteiger partial charge >= 0.3 is 0 Å². The van der Waals surface area contributed by atoms with Crippen molar-refractivity contribution >= 4 is 23.6 Å². The molecule has 25 heavy (non-hydrogen) atoms. The normalized spacial score (nSPS) is 18.0. The molecule has 0 aromatic carbocycles. The Bertz CT molecular complexity index is 385. The van der Waals surface area contributed by atoms with Crippen LogP contribution >= 0.6 is 11.8 Å². The summed E-state index contributed by atoms with van der Waals surface area (Å²) < 4.78 is 5.75. The third kappa shape index (κ3) is 11.3. The van der Waals surface area contributed by atoms with E-state index in [1.54, 1.807) is 19.0 Å². The van der Waals surface area contributed by atoms with E-state index in [0.29, 0.717) is 5.96 Å². The van der Waals surface area contributed by atoms with Gasteiger partial charge in [-0.25, -0.2) is 4.99 Å².